The van der Waals surface area contributed by atoms with Crippen molar-refractivity contribution in [2.75, 3.05) is 5.32 Å². The van der Waals surface area contributed by atoms with E-state index in [-0.39, 0.29) is 17.6 Å². The van der Waals surface area contributed by atoms with Gasteiger partial charge >= 0.3 is 6.03 Å². The van der Waals surface area contributed by atoms with Crippen molar-refractivity contribution in [2.45, 2.75) is 26.3 Å². The molecule has 0 saturated heterocycles. The van der Waals surface area contributed by atoms with Gasteiger partial charge in [0.25, 0.3) is 0 Å². The molecule has 1 aromatic carbocycles. The molecule has 0 aliphatic carbocycles. The minimum Gasteiger partial charge on any atom is -0.352 e. The first-order valence-electron chi connectivity index (χ1n) is 6.06. The van der Waals surface area contributed by atoms with Crippen LogP contribution in [-0.2, 0) is 4.79 Å². The standard InChI is InChI=1S/C13H18FN3O2/c1-3-8(2)11(17-13(15)19)12(18)16-10-6-4-9(14)5-7-10/h4-8,11H,3H2,1-2H3,(H,16,18)(H3,15,17,19). The zero-order valence-electron chi connectivity index (χ0n) is 10.9. The van der Waals surface area contributed by atoms with Crippen LogP contribution < -0.4 is 16.4 Å². The van der Waals surface area contributed by atoms with Crippen LogP contribution >= 0.6 is 0 Å². The van der Waals surface area contributed by atoms with Crippen molar-refractivity contribution < 1.29 is 14.0 Å². The molecule has 0 spiro atoms. The van der Waals surface area contributed by atoms with Gasteiger partial charge in [0.1, 0.15) is 11.9 Å². The number of anilines is 1. The number of urea groups is 1. The van der Waals surface area contributed by atoms with E-state index >= 15 is 0 Å². The first-order valence-corrected chi connectivity index (χ1v) is 6.06. The third kappa shape index (κ3) is 4.57. The fourth-order valence-corrected chi connectivity index (χ4v) is 1.61. The second-order valence-corrected chi connectivity index (χ2v) is 4.37. The highest BCUT2D eigenvalue weighted by atomic mass is 19.1. The van der Waals surface area contributed by atoms with Gasteiger partial charge in [-0.1, -0.05) is 20.3 Å². The number of nitrogens with one attached hydrogen (secondary N) is 2. The fourth-order valence-electron chi connectivity index (χ4n) is 1.61. The van der Waals surface area contributed by atoms with E-state index in [1.807, 2.05) is 13.8 Å². The van der Waals surface area contributed by atoms with Gasteiger partial charge in [0.15, 0.2) is 0 Å². The second-order valence-electron chi connectivity index (χ2n) is 4.37. The van der Waals surface area contributed by atoms with Gasteiger partial charge < -0.3 is 16.4 Å². The Balaban J connectivity index is 2.76. The quantitative estimate of drug-likeness (QED) is 0.760. The first-order chi connectivity index (χ1) is 8.93. The Morgan fingerprint density at radius 3 is 2.37 bits per heavy atom. The predicted molar refractivity (Wildman–Crippen MR) is 71.0 cm³/mol. The Hall–Kier alpha value is -2.11. The number of halogens is 1. The van der Waals surface area contributed by atoms with E-state index in [2.05, 4.69) is 10.6 Å². The minimum absolute atomic E-state index is 0.0621. The SMILES string of the molecule is CCC(C)C(NC(N)=O)C(=O)Nc1ccc(F)cc1. The molecule has 3 amide bonds. The van der Waals surface area contributed by atoms with E-state index in [9.17, 15) is 14.0 Å². The summed E-state index contributed by atoms with van der Waals surface area (Å²) in [6.07, 6.45) is 0.710. The average Bonchev–Trinajstić information content (AvgIpc) is 2.37. The van der Waals surface area contributed by atoms with Gasteiger partial charge in [-0.25, -0.2) is 9.18 Å². The zero-order valence-corrected chi connectivity index (χ0v) is 10.9. The molecule has 0 aromatic heterocycles. The maximum absolute atomic E-state index is 12.8. The van der Waals surface area contributed by atoms with Gasteiger partial charge in [0.05, 0.1) is 0 Å². The molecule has 0 aliphatic heterocycles. The van der Waals surface area contributed by atoms with Crippen LogP contribution in [0.3, 0.4) is 0 Å². The highest BCUT2D eigenvalue weighted by molar-refractivity contribution is 5.97. The van der Waals surface area contributed by atoms with Crippen molar-refractivity contribution >= 4 is 17.6 Å². The van der Waals surface area contributed by atoms with Crippen LogP contribution in [0.4, 0.5) is 14.9 Å². The molecule has 1 aromatic rings. The Kier molecular flexibility index (Phi) is 5.29. The molecule has 6 heteroatoms. The Morgan fingerprint density at radius 2 is 1.89 bits per heavy atom. The lowest BCUT2D eigenvalue weighted by molar-refractivity contribution is -0.119. The number of hydrogen-bond acceptors (Lipinski definition) is 2. The van der Waals surface area contributed by atoms with Gasteiger partial charge in [-0.15, -0.1) is 0 Å². The summed E-state index contributed by atoms with van der Waals surface area (Å²) in [5.74, 6) is -0.820. The molecule has 0 fully saturated rings. The fraction of sp³-hybridized carbons (Fsp3) is 0.385. The maximum atomic E-state index is 12.8. The summed E-state index contributed by atoms with van der Waals surface area (Å²) in [4.78, 5) is 23.0. The Morgan fingerprint density at radius 1 is 1.32 bits per heavy atom. The van der Waals surface area contributed by atoms with Crippen molar-refractivity contribution in [3.8, 4) is 0 Å². The lowest BCUT2D eigenvalue weighted by atomic mass is 9.98. The molecular formula is C13H18FN3O2. The molecule has 104 valence electrons. The van der Waals surface area contributed by atoms with Gasteiger partial charge in [-0.3, -0.25) is 4.79 Å². The van der Waals surface area contributed by atoms with Crippen LogP contribution in [0.15, 0.2) is 24.3 Å². The summed E-state index contributed by atoms with van der Waals surface area (Å²) in [5.41, 5.74) is 5.52. The van der Waals surface area contributed by atoms with Crippen molar-refractivity contribution in [1.82, 2.24) is 5.32 Å². The molecule has 0 saturated carbocycles. The molecule has 4 N–H and O–H groups in total. The van der Waals surface area contributed by atoms with Gasteiger partial charge in [0.2, 0.25) is 5.91 Å². The molecule has 5 nitrogen and oxygen atoms in total. The molecular weight excluding hydrogens is 249 g/mol. The highest BCUT2D eigenvalue weighted by Gasteiger charge is 2.25. The van der Waals surface area contributed by atoms with E-state index < -0.39 is 12.1 Å². The summed E-state index contributed by atoms with van der Waals surface area (Å²) in [6.45, 7) is 3.75. The van der Waals surface area contributed by atoms with Crippen molar-refractivity contribution in [2.24, 2.45) is 11.7 Å². The number of carbonyl (C=O) groups excluding carboxylic acids is 2. The summed E-state index contributed by atoms with van der Waals surface area (Å²) in [6, 6.07) is 3.92. The lowest BCUT2D eigenvalue weighted by Gasteiger charge is -2.22. The molecule has 0 bridgehead atoms. The second kappa shape index (κ2) is 6.72. The van der Waals surface area contributed by atoms with Crippen LogP contribution in [0.25, 0.3) is 0 Å². The molecule has 0 heterocycles. The lowest BCUT2D eigenvalue weighted by Crippen LogP contribution is -2.49. The Labute approximate surface area is 111 Å². The number of rotatable bonds is 5. The number of carbonyl (C=O) groups is 2. The average molecular weight is 267 g/mol. The number of hydrogen-bond donors (Lipinski definition) is 3. The van der Waals surface area contributed by atoms with E-state index in [1.54, 1.807) is 0 Å². The normalized spacial score (nSPS) is 13.4. The number of benzene rings is 1. The van der Waals surface area contributed by atoms with Gasteiger partial charge in [-0.05, 0) is 30.2 Å². The smallest absolute Gasteiger partial charge is 0.312 e. The van der Waals surface area contributed by atoms with E-state index in [4.69, 9.17) is 5.73 Å². The number of nitrogens with two attached hydrogens (primary N) is 1. The molecule has 0 aliphatic rings. The Bertz CT molecular complexity index is 448. The predicted octanol–water partition coefficient (Wildman–Crippen LogP) is 1.85. The highest BCUT2D eigenvalue weighted by Crippen LogP contribution is 2.13. The zero-order chi connectivity index (χ0) is 14.4. The summed E-state index contributed by atoms with van der Waals surface area (Å²) < 4.78 is 12.8. The largest absolute Gasteiger partial charge is 0.352 e. The molecule has 19 heavy (non-hydrogen) atoms. The van der Waals surface area contributed by atoms with Crippen molar-refractivity contribution in [1.29, 1.82) is 0 Å². The number of amides is 3. The summed E-state index contributed by atoms with van der Waals surface area (Å²) >= 11 is 0. The van der Waals surface area contributed by atoms with E-state index in [1.165, 1.54) is 24.3 Å². The molecule has 2 atom stereocenters. The third-order valence-electron chi connectivity index (χ3n) is 2.90. The third-order valence-corrected chi connectivity index (χ3v) is 2.90. The summed E-state index contributed by atoms with van der Waals surface area (Å²) in [5, 5.41) is 5.03. The van der Waals surface area contributed by atoms with Crippen molar-refractivity contribution in [3.05, 3.63) is 30.1 Å². The van der Waals surface area contributed by atoms with Crippen LogP contribution in [0, 0.1) is 11.7 Å². The van der Waals surface area contributed by atoms with E-state index in [0.717, 1.165) is 0 Å². The van der Waals surface area contributed by atoms with Crippen LogP contribution in [0.2, 0.25) is 0 Å². The van der Waals surface area contributed by atoms with Crippen LogP contribution in [0.5, 0.6) is 0 Å². The maximum Gasteiger partial charge on any atom is 0.312 e. The van der Waals surface area contributed by atoms with E-state index in [0.29, 0.717) is 12.1 Å². The van der Waals surface area contributed by atoms with Crippen LogP contribution in [-0.4, -0.2) is 18.0 Å². The van der Waals surface area contributed by atoms with Crippen LogP contribution in [0.1, 0.15) is 20.3 Å². The molecule has 2 unspecified atom stereocenters. The molecule has 1 rings (SSSR count). The molecule has 0 radical (unpaired) electrons. The summed E-state index contributed by atoms with van der Waals surface area (Å²) in [7, 11) is 0. The van der Waals surface area contributed by atoms with Gasteiger partial charge in [-0.2, -0.15) is 0 Å². The number of primary amides is 1. The minimum atomic E-state index is -0.750. The van der Waals surface area contributed by atoms with Gasteiger partial charge in [0, 0.05) is 5.69 Å². The monoisotopic (exact) mass is 267 g/mol. The topological polar surface area (TPSA) is 84.2 Å². The first kappa shape index (κ1) is 14.9. The van der Waals surface area contributed by atoms with Crippen molar-refractivity contribution in [3.63, 3.8) is 0 Å².